The smallest absolute Gasteiger partial charge is 0.341 e. The second kappa shape index (κ2) is 8.22. The van der Waals surface area contributed by atoms with Gasteiger partial charge in [-0.1, -0.05) is 12.2 Å². The predicted octanol–water partition coefficient (Wildman–Crippen LogP) is 2.39. The molecule has 0 heterocycles. The van der Waals surface area contributed by atoms with Gasteiger partial charge in [-0.15, -0.1) is 0 Å². The van der Waals surface area contributed by atoms with E-state index in [0.717, 1.165) is 19.3 Å². The highest BCUT2D eigenvalue weighted by Gasteiger charge is 2.16. The number of aliphatic carboxylic acids is 1. The molecule has 0 bridgehead atoms. The monoisotopic (exact) mass is 319 g/mol. The quantitative estimate of drug-likeness (QED) is 0.754. The van der Waals surface area contributed by atoms with Crippen LogP contribution in [0, 0.1) is 0 Å². The molecular formula is C17H21NO5. The van der Waals surface area contributed by atoms with Gasteiger partial charge in [-0.05, 0) is 44.4 Å². The number of carboxylic acids is 1. The van der Waals surface area contributed by atoms with Gasteiger partial charge in [0.2, 0.25) is 0 Å². The van der Waals surface area contributed by atoms with Gasteiger partial charge < -0.3 is 19.9 Å². The summed E-state index contributed by atoms with van der Waals surface area (Å²) < 4.78 is 10.6. The summed E-state index contributed by atoms with van der Waals surface area (Å²) in [5.41, 5.74) is 0.464. The number of carbonyl (C=O) groups excluding carboxylic acids is 1. The van der Waals surface area contributed by atoms with Crippen LogP contribution in [0.4, 0.5) is 0 Å². The Morgan fingerprint density at radius 3 is 2.74 bits per heavy atom. The number of hydrogen-bond acceptors (Lipinski definition) is 4. The van der Waals surface area contributed by atoms with Gasteiger partial charge >= 0.3 is 5.97 Å². The van der Waals surface area contributed by atoms with E-state index in [-0.39, 0.29) is 11.9 Å². The molecule has 0 fully saturated rings. The molecule has 1 aliphatic carbocycles. The molecule has 124 valence electrons. The molecule has 2 N–H and O–H groups in total. The summed E-state index contributed by atoms with van der Waals surface area (Å²) in [5, 5.41) is 11.7. The lowest BCUT2D eigenvalue weighted by Gasteiger charge is -2.19. The summed E-state index contributed by atoms with van der Waals surface area (Å²) in [4.78, 5) is 22.9. The Kier molecular flexibility index (Phi) is 6.02. The minimum atomic E-state index is -1.07. The average Bonchev–Trinajstić information content (AvgIpc) is 2.54. The molecule has 1 atom stereocenters. The van der Waals surface area contributed by atoms with Gasteiger partial charge in [0.15, 0.2) is 18.1 Å². The number of allylic oxidation sites excluding steroid dienone is 1. The third-order valence-corrected chi connectivity index (χ3v) is 3.46. The van der Waals surface area contributed by atoms with Crippen molar-refractivity contribution in [1.29, 1.82) is 0 Å². The third kappa shape index (κ3) is 5.02. The largest absolute Gasteiger partial charge is 0.490 e. The summed E-state index contributed by atoms with van der Waals surface area (Å²) in [6, 6.07) is 4.89. The second-order valence-electron chi connectivity index (χ2n) is 5.23. The topological polar surface area (TPSA) is 84.9 Å². The zero-order valence-corrected chi connectivity index (χ0v) is 13.1. The van der Waals surface area contributed by atoms with Crippen molar-refractivity contribution >= 4 is 11.9 Å². The zero-order valence-electron chi connectivity index (χ0n) is 13.1. The van der Waals surface area contributed by atoms with Crippen molar-refractivity contribution in [2.75, 3.05) is 13.2 Å². The molecule has 1 aromatic rings. The summed E-state index contributed by atoms with van der Waals surface area (Å²) in [6.07, 6.45) is 6.93. The minimum absolute atomic E-state index is 0.144. The van der Waals surface area contributed by atoms with Gasteiger partial charge in [0.25, 0.3) is 5.91 Å². The summed E-state index contributed by atoms with van der Waals surface area (Å²) in [6.45, 7) is 1.74. The lowest BCUT2D eigenvalue weighted by Crippen LogP contribution is -2.35. The van der Waals surface area contributed by atoms with Crippen molar-refractivity contribution in [3.63, 3.8) is 0 Å². The molecular weight excluding hydrogens is 298 g/mol. The van der Waals surface area contributed by atoms with Crippen LogP contribution in [-0.4, -0.2) is 36.2 Å². The van der Waals surface area contributed by atoms with Gasteiger partial charge in [-0.3, -0.25) is 4.79 Å². The van der Waals surface area contributed by atoms with Crippen molar-refractivity contribution in [3.05, 3.63) is 35.9 Å². The summed E-state index contributed by atoms with van der Waals surface area (Å²) >= 11 is 0. The van der Waals surface area contributed by atoms with Gasteiger partial charge in [0.1, 0.15) is 0 Å². The van der Waals surface area contributed by atoms with Crippen molar-refractivity contribution < 1.29 is 24.2 Å². The van der Waals surface area contributed by atoms with E-state index in [1.54, 1.807) is 18.2 Å². The van der Waals surface area contributed by atoms with E-state index in [4.69, 9.17) is 14.6 Å². The predicted molar refractivity (Wildman–Crippen MR) is 85.0 cm³/mol. The lowest BCUT2D eigenvalue weighted by molar-refractivity contribution is -0.139. The molecule has 0 aromatic heterocycles. The molecule has 0 radical (unpaired) electrons. The molecule has 0 unspecified atom stereocenters. The van der Waals surface area contributed by atoms with Crippen molar-refractivity contribution in [2.45, 2.75) is 32.2 Å². The van der Waals surface area contributed by atoms with Crippen LogP contribution in [-0.2, 0) is 4.79 Å². The highest BCUT2D eigenvalue weighted by atomic mass is 16.5. The zero-order chi connectivity index (χ0) is 16.7. The van der Waals surface area contributed by atoms with Crippen LogP contribution in [0.5, 0.6) is 11.5 Å². The van der Waals surface area contributed by atoms with Gasteiger partial charge in [-0.2, -0.15) is 0 Å². The summed E-state index contributed by atoms with van der Waals surface area (Å²) in [7, 11) is 0. The Morgan fingerprint density at radius 2 is 2.09 bits per heavy atom. The Hall–Kier alpha value is -2.50. The van der Waals surface area contributed by atoms with Crippen LogP contribution in [0.25, 0.3) is 0 Å². The minimum Gasteiger partial charge on any atom is -0.490 e. The third-order valence-electron chi connectivity index (χ3n) is 3.46. The van der Waals surface area contributed by atoms with E-state index >= 15 is 0 Å². The van der Waals surface area contributed by atoms with Crippen LogP contribution in [0.3, 0.4) is 0 Å². The second-order valence-corrected chi connectivity index (χ2v) is 5.23. The molecule has 2 rings (SSSR count). The summed E-state index contributed by atoms with van der Waals surface area (Å²) in [5.74, 6) is -0.563. The molecule has 0 saturated carbocycles. The van der Waals surface area contributed by atoms with Gasteiger partial charge in [0, 0.05) is 11.6 Å². The first-order chi connectivity index (χ1) is 11.1. The molecule has 1 aliphatic rings. The van der Waals surface area contributed by atoms with Crippen LogP contribution in [0.1, 0.15) is 36.5 Å². The van der Waals surface area contributed by atoms with Crippen LogP contribution >= 0.6 is 0 Å². The highest BCUT2D eigenvalue weighted by Crippen LogP contribution is 2.28. The number of ether oxygens (including phenoxy) is 2. The maximum absolute atomic E-state index is 12.3. The first-order valence-electron chi connectivity index (χ1n) is 7.67. The lowest BCUT2D eigenvalue weighted by atomic mass is 10.0. The standard InChI is InChI=1S/C17H21NO5/c1-2-22-15-10-12(8-9-14(15)23-11-16(19)20)17(21)18-13-6-4-3-5-7-13/h3-4,8-10,13H,2,5-7,11H2,1H3,(H,18,21)(H,19,20)/t13-/m1/s1. The number of hydrogen-bond donors (Lipinski definition) is 2. The Balaban J connectivity index is 2.08. The Bertz CT molecular complexity index is 597. The van der Waals surface area contributed by atoms with E-state index in [2.05, 4.69) is 17.5 Å². The number of rotatable bonds is 7. The van der Waals surface area contributed by atoms with Crippen LogP contribution < -0.4 is 14.8 Å². The van der Waals surface area contributed by atoms with E-state index in [1.807, 2.05) is 6.92 Å². The van der Waals surface area contributed by atoms with Crippen LogP contribution in [0.15, 0.2) is 30.4 Å². The maximum atomic E-state index is 12.3. The fourth-order valence-electron chi connectivity index (χ4n) is 2.37. The fraction of sp³-hybridized carbons (Fsp3) is 0.412. The number of carboxylic acid groups (broad SMARTS) is 1. The molecule has 6 heteroatoms. The number of amides is 1. The molecule has 0 saturated heterocycles. The number of carbonyl (C=O) groups is 2. The van der Waals surface area contributed by atoms with E-state index in [0.29, 0.717) is 23.7 Å². The SMILES string of the molecule is CCOc1cc(C(=O)N[C@@H]2CC=CCC2)ccc1OCC(=O)O. The van der Waals surface area contributed by atoms with E-state index in [1.165, 1.54) is 0 Å². The number of nitrogens with one attached hydrogen (secondary N) is 1. The van der Waals surface area contributed by atoms with E-state index < -0.39 is 12.6 Å². The molecule has 6 nitrogen and oxygen atoms in total. The van der Waals surface area contributed by atoms with Crippen molar-refractivity contribution in [3.8, 4) is 11.5 Å². The molecule has 1 amide bonds. The van der Waals surface area contributed by atoms with Crippen molar-refractivity contribution in [1.82, 2.24) is 5.32 Å². The molecule has 1 aromatic carbocycles. The van der Waals surface area contributed by atoms with Gasteiger partial charge in [-0.25, -0.2) is 4.79 Å². The molecule has 0 aliphatic heterocycles. The van der Waals surface area contributed by atoms with Gasteiger partial charge in [0.05, 0.1) is 6.61 Å². The fourth-order valence-corrected chi connectivity index (χ4v) is 2.37. The maximum Gasteiger partial charge on any atom is 0.341 e. The first-order valence-corrected chi connectivity index (χ1v) is 7.67. The highest BCUT2D eigenvalue weighted by molar-refractivity contribution is 5.95. The molecule has 0 spiro atoms. The first kappa shape index (κ1) is 16.9. The number of benzene rings is 1. The van der Waals surface area contributed by atoms with Crippen LogP contribution in [0.2, 0.25) is 0 Å². The Labute approximate surface area is 135 Å². The Morgan fingerprint density at radius 1 is 1.26 bits per heavy atom. The van der Waals surface area contributed by atoms with Crippen molar-refractivity contribution in [2.24, 2.45) is 0 Å². The molecule has 23 heavy (non-hydrogen) atoms. The normalized spacial score (nSPS) is 16.7. The van der Waals surface area contributed by atoms with E-state index in [9.17, 15) is 9.59 Å². The average molecular weight is 319 g/mol.